The van der Waals surface area contributed by atoms with Gasteiger partial charge in [-0.3, -0.25) is 9.59 Å². The molecule has 0 fully saturated rings. The summed E-state index contributed by atoms with van der Waals surface area (Å²) in [7, 11) is 0. The van der Waals surface area contributed by atoms with Crippen LogP contribution < -0.4 is 26.8 Å². The Morgan fingerprint density at radius 3 is 2.11 bits per heavy atom. The van der Waals surface area contributed by atoms with Crippen LogP contribution in [0.25, 0.3) is 10.8 Å². The first-order chi connectivity index (χ1) is 16.6. The number of carbonyl (C=O) groups excluding carboxylic acids is 3. The van der Waals surface area contributed by atoms with Crippen LogP contribution >= 0.6 is 24.8 Å². The molecule has 37 heavy (non-hydrogen) atoms. The molecule has 6 N–H and O–H groups in total. The van der Waals surface area contributed by atoms with Crippen molar-refractivity contribution in [2.75, 3.05) is 6.54 Å². The van der Waals surface area contributed by atoms with E-state index in [1.807, 2.05) is 64.1 Å². The van der Waals surface area contributed by atoms with E-state index in [9.17, 15) is 14.4 Å². The Morgan fingerprint density at radius 1 is 0.865 bits per heavy atom. The Hall–Kier alpha value is -2.39. The number of amides is 2. The van der Waals surface area contributed by atoms with Crippen molar-refractivity contribution in [3.8, 4) is 5.75 Å². The van der Waals surface area contributed by atoms with Crippen molar-refractivity contribution in [1.82, 2.24) is 10.6 Å². The summed E-state index contributed by atoms with van der Waals surface area (Å²) in [5.74, 6) is -0.882. The van der Waals surface area contributed by atoms with E-state index in [2.05, 4.69) is 10.6 Å². The minimum Gasteiger partial charge on any atom is -0.424 e. The lowest BCUT2D eigenvalue weighted by Crippen LogP contribution is -2.56. The van der Waals surface area contributed by atoms with Crippen LogP contribution in [0.4, 0.5) is 0 Å². The molecule has 8 nitrogen and oxygen atoms in total. The average Bonchev–Trinajstić information content (AvgIpc) is 2.82. The first-order valence-corrected chi connectivity index (χ1v) is 12.4. The number of halogens is 2. The van der Waals surface area contributed by atoms with Crippen molar-refractivity contribution in [2.45, 2.75) is 71.5 Å². The molecular weight excluding hydrogens is 515 g/mol. The number of fused-ring (bicyclic) bond motifs is 1. The van der Waals surface area contributed by atoms with Gasteiger partial charge in [0.2, 0.25) is 11.8 Å². The predicted octanol–water partition coefficient (Wildman–Crippen LogP) is 3.72. The smallest absolute Gasteiger partial charge is 0.334 e. The Balaban J connectivity index is 0.00000648. The summed E-state index contributed by atoms with van der Waals surface area (Å²) in [5, 5.41) is 7.34. The number of carbonyl (C=O) groups is 3. The maximum Gasteiger partial charge on any atom is 0.334 e. The van der Waals surface area contributed by atoms with Crippen LogP contribution in [0.3, 0.4) is 0 Å². The molecule has 0 saturated carbocycles. The fourth-order valence-electron chi connectivity index (χ4n) is 3.75. The number of rotatable bonds is 13. The fourth-order valence-corrected chi connectivity index (χ4v) is 3.75. The highest BCUT2D eigenvalue weighted by Crippen LogP contribution is 2.25. The SMILES string of the molecule is CC(C)C[C@H](NC(=O)[C@H](N)C(C)C)C(=O)N[C@@H](CCCCN)C(=O)Oc1cccc2ccccc12.Cl.Cl. The van der Waals surface area contributed by atoms with Crippen LogP contribution in [0, 0.1) is 11.8 Å². The van der Waals surface area contributed by atoms with Gasteiger partial charge in [0.05, 0.1) is 6.04 Å². The number of benzene rings is 2. The molecule has 0 bridgehead atoms. The van der Waals surface area contributed by atoms with E-state index in [1.165, 1.54) is 0 Å². The van der Waals surface area contributed by atoms with Gasteiger partial charge in [-0.05, 0) is 55.5 Å². The highest BCUT2D eigenvalue weighted by atomic mass is 35.5. The number of hydrogen-bond donors (Lipinski definition) is 4. The largest absolute Gasteiger partial charge is 0.424 e. The molecule has 0 aliphatic rings. The summed E-state index contributed by atoms with van der Waals surface area (Å²) < 4.78 is 5.74. The maximum absolute atomic E-state index is 13.2. The van der Waals surface area contributed by atoms with Gasteiger partial charge in [-0.1, -0.05) is 64.1 Å². The zero-order chi connectivity index (χ0) is 26.0. The fraction of sp³-hybridized carbons (Fsp3) is 0.519. The summed E-state index contributed by atoms with van der Waals surface area (Å²) in [4.78, 5) is 39.0. The van der Waals surface area contributed by atoms with Gasteiger partial charge < -0.3 is 26.8 Å². The minimum atomic E-state index is -0.877. The molecule has 0 heterocycles. The lowest BCUT2D eigenvalue weighted by atomic mass is 10.00. The monoisotopic (exact) mass is 556 g/mol. The zero-order valence-corrected chi connectivity index (χ0v) is 23.7. The van der Waals surface area contributed by atoms with E-state index in [0.717, 1.165) is 10.8 Å². The molecule has 10 heteroatoms. The van der Waals surface area contributed by atoms with Crippen LogP contribution in [-0.4, -0.2) is 42.5 Å². The molecule has 2 aromatic rings. The normalized spacial score (nSPS) is 13.2. The van der Waals surface area contributed by atoms with E-state index >= 15 is 0 Å². The summed E-state index contributed by atoms with van der Waals surface area (Å²) in [6, 6.07) is 10.7. The maximum atomic E-state index is 13.2. The van der Waals surface area contributed by atoms with Gasteiger partial charge in [0.1, 0.15) is 17.8 Å². The van der Waals surface area contributed by atoms with Crippen LogP contribution in [0.2, 0.25) is 0 Å². The molecule has 2 amide bonds. The number of ether oxygens (including phenoxy) is 1. The summed E-state index contributed by atoms with van der Waals surface area (Å²) in [6.45, 7) is 8.10. The average molecular weight is 558 g/mol. The van der Waals surface area contributed by atoms with Crippen molar-refractivity contribution >= 4 is 53.4 Å². The van der Waals surface area contributed by atoms with Gasteiger partial charge in [-0.15, -0.1) is 24.8 Å². The van der Waals surface area contributed by atoms with Crippen molar-refractivity contribution in [2.24, 2.45) is 23.3 Å². The van der Waals surface area contributed by atoms with Gasteiger partial charge in [0.25, 0.3) is 0 Å². The first kappa shape index (κ1) is 34.6. The number of hydrogen-bond acceptors (Lipinski definition) is 6. The quantitative estimate of drug-likeness (QED) is 0.168. The molecule has 0 aromatic heterocycles. The lowest BCUT2D eigenvalue weighted by molar-refractivity contribution is -0.140. The van der Waals surface area contributed by atoms with Gasteiger partial charge in [0.15, 0.2) is 0 Å². The molecule has 0 unspecified atom stereocenters. The molecule has 3 atom stereocenters. The molecule has 0 radical (unpaired) electrons. The van der Waals surface area contributed by atoms with Crippen LogP contribution in [-0.2, 0) is 14.4 Å². The Bertz CT molecular complexity index is 998. The Kier molecular flexibility index (Phi) is 16.1. The Labute approximate surface area is 232 Å². The van der Waals surface area contributed by atoms with E-state index < -0.39 is 30.0 Å². The third-order valence-electron chi connectivity index (χ3n) is 5.87. The van der Waals surface area contributed by atoms with Crippen LogP contribution in [0.1, 0.15) is 53.4 Å². The number of unbranched alkanes of at least 4 members (excludes halogenated alkanes) is 1. The third kappa shape index (κ3) is 10.9. The van der Waals surface area contributed by atoms with Crippen molar-refractivity contribution in [3.05, 3.63) is 42.5 Å². The highest BCUT2D eigenvalue weighted by Gasteiger charge is 2.30. The second kappa shape index (κ2) is 17.2. The predicted molar refractivity (Wildman–Crippen MR) is 153 cm³/mol. The lowest BCUT2D eigenvalue weighted by Gasteiger charge is -2.25. The summed E-state index contributed by atoms with van der Waals surface area (Å²) in [6.07, 6.45) is 2.14. The van der Waals surface area contributed by atoms with Gasteiger partial charge >= 0.3 is 5.97 Å². The van der Waals surface area contributed by atoms with Crippen molar-refractivity contribution in [1.29, 1.82) is 0 Å². The molecule has 2 rings (SSSR count). The topological polar surface area (TPSA) is 137 Å². The first-order valence-electron chi connectivity index (χ1n) is 12.4. The summed E-state index contributed by atoms with van der Waals surface area (Å²) in [5.41, 5.74) is 11.6. The van der Waals surface area contributed by atoms with E-state index in [4.69, 9.17) is 16.2 Å². The summed E-state index contributed by atoms with van der Waals surface area (Å²) >= 11 is 0. The second-order valence-corrected chi connectivity index (χ2v) is 9.70. The minimum absolute atomic E-state index is 0. The van der Waals surface area contributed by atoms with Crippen LogP contribution in [0.5, 0.6) is 5.75 Å². The Morgan fingerprint density at radius 2 is 1.49 bits per heavy atom. The van der Waals surface area contributed by atoms with E-state index in [-0.39, 0.29) is 42.6 Å². The molecule has 0 aliphatic heterocycles. The van der Waals surface area contributed by atoms with Crippen molar-refractivity contribution < 1.29 is 19.1 Å². The van der Waals surface area contributed by atoms with Crippen LogP contribution in [0.15, 0.2) is 42.5 Å². The standard InChI is InChI=1S/C27H40N4O4.2ClH/c1-17(2)16-22(31-26(33)24(29)18(3)4)25(32)30-21(13-7-8-15-28)27(34)35-23-14-9-11-19-10-5-6-12-20(19)23;;/h5-6,9-12,14,17-18,21-22,24H,7-8,13,15-16,28-29H2,1-4H3,(H,30,32)(H,31,33);2*1H/t21-,22-,24+;;/m0../s1. The van der Waals surface area contributed by atoms with Gasteiger partial charge in [-0.25, -0.2) is 4.79 Å². The van der Waals surface area contributed by atoms with Crippen molar-refractivity contribution in [3.63, 3.8) is 0 Å². The molecule has 0 spiro atoms. The molecule has 0 aliphatic carbocycles. The van der Waals surface area contributed by atoms with Gasteiger partial charge in [0, 0.05) is 5.39 Å². The number of esters is 1. The van der Waals surface area contributed by atoms with Gasteiger partial charge in [-0.2, -0.15) is 0 Å². The molecule has 208 valence electrons. The van der Waals surface area contributed by atoms with E-state index in [0.29, 0.717) is 38.0 Å². The number of nitrogens with one attached hydrogen (secondary N) is 2. The van der Waals surface area contributed by atoms with E-state index in [1.54, 1.807) is 6.07 Å². The zero-order valence-electron chi connectivity index (χ0n) is 22.1. The molecule has 2 aromatic carbocycles. The number of nitrogens with two attached hydrogens (primary N) is 2. The molecular formula is C27H42Cl2N4O4. The molecule has 0 saturated heterocycles. The third-order valence-corrected chi connectivity index (χ3v) is 5.87. The second-order valence-electron chi connectivity index (χ2n) is 9.70. The highest BCUT2D eigenvalue weighted by molar-refractivity contribution is 5.94.